The van der Waals surface area contributed by atoms with Crippen LogP contribution in [0.15, 0.2) is 27.5 Å². The number of hydrazine groups is 1. The van der Waals surface area contributed by atoms with E-state index in [2.05, 4.69) is 12.7 Å². The van der Waals surface area contributed by atoms with Crippen LogP contribution in [0.2, 0.25) is 0 Å². The van der Waals surface area contributed by atoms with E-state index in [0.717, 1.165) is 10.6 Å². The minimum absolute atomic E-state index is 0.936. The lowest BCUT2D eigenvalue weighted by Crippen LogP contribution is -2.20. The molecule has 0 atom stereocenters. The number of fused-ring (bicyclic) bond motifs is 1. The molecule has 0 fully saturated rings. The van der Waals surface area contributed by atoms with Crippen LogP contribution in [-0.2, 0) is 0 Å². The van der Waals surface area contributed by atoms with Crippen molar-refractivity contribution in [2.24, 2.45) is 10.2 Å². The average molecular weight is 265 g/mol. The Hall–Kier alpha value is 0.390. The Kier molecular flexibility index (Phi) is 4.25. The Balaban J connectivity index is 2.09. The van der Waals surface area contributed by atoms with Crippen LogP contribution in [0, 0.1) is 0 Å². The summed E-state index contributed by atoms with van der Waals surface area (Å²) in [5.74, 6) is 5.71. The lowest BCUT2D eigenvalue weighted by Gasteiger charge is -2.15. The molecule has 0 saturated heterocycles. The summed E-state index contributed by atoms with van der Waals surface area (Å²) in [6.07, 6.45) is 5.90. The van der Waals surface area contributed by atoms with E-state index in [4.69, 9.17) is 5.84 Å². The van der Waals surface area contributed by atoms with Crippen molar-refractivity contribution in [2.75, 3.05) is 0 Å². The monoisotopic (exact) mass is 265 g/mol. The molecule has 1 heterocycles. The maximum absolute atomic E-state index is 5.71. The van der Waals surface area contributed by atoms with E-state index >= 15 is 0 Å². The van der Waals surface area contributed by atoms with Crippen molar-refractivity contribution in [2.45, 2.75) is 0 Å². The fraction of sp³-hybridized carbons (Fsp3) is 0. The van der Waals surface area contributed by atoms with Gasteiger partial charge in [0, 0.05) is 24.3 Å². The van der Waals surface area contributed by atoms with Gasteiger partial charge in [0.25, 0.3) is 0 Å². The van der Waals surface area contributed by atoms with Gasteiger partial charge >= 0.3 is 0 Å². The van der Waals surface area contributed by atoms with Crippen LogP contribution in [0.5, 0.6) is 0 Å². The quantitative estimate of drug-likeness (QED) is 0.451. The smallest absolute Gasteiger partial charge is 0.0878 e. The zero-order chi connectivity index (χ0) is 9.80. The number of nitrogens with one attached hydrogen (secondary N) is 2. The summed E-state index contributed by atoms with van der Waals surface area (Å²) in [6, 6.07) is 0. The normalized spacial score (nSPS) is 27.8. The molecule has 0 spiro atoms. The van der Waals surface area contributed by atoms with Crippen molar-refractivity contribution in [3.8, 4) is 0 Å². The molecule has 0 aromatic carbocycles. The summed E-state index contributed by atoms with van der Waals surface area (Å²) in [7, 11) is 0. The molecule has 1 aliphatic heterocycles. The summed E-state index contributed by atoms with van der Waals surface area (Å²) >= 11 is 5.37. The first-order chi connectivity index (χ1) is 6.86. The molecule has 76 valence electrons. The van der Waals surface area contributed by atoms with Gasteiger partial charge in [-0.25, -0.2) is 5.84 Å². The molecule has 0 aromatic heterocycles. The molecule has 9 heteroatoms. The highest BCUT2D eigenvalue weighted by Gasteiger charge is 2.14. The van der Waals surface area contributed by atoms with Gasteiger partial charge in [-0.15, -0.1) is 3.82 Å². The van der Waals surface area contributed by atoms with E-state index in [0.29, 0.717) is 0 Å². The van der Waals surface area contributed by atoms with Crippen LogP contribution >= 0.6 is 48.3 Å². The van der Waals surface area contributed by atoms with E-state index < -0.39 is 0 Å². The number of nitrogens with zero attached hydrogens (tertiary/aromatic N) is 2. The zero-order valence-electron chi connectivity index (χ0n) is 6.84. The molecule has 0 radical (unpaired) electrons. The topological polar surface area (TPSA) is 65.7 Å². The first-order valence-corrected chi connectivity index (χ1v) is 6.68. The second-order valence-electron chi connectivity index (χ2n) is 2.19. The fourth-order valence-electron chi connectivity index (χ4n) is 0.821. The highest BCUT2D eigenvalue weighted by atomic mass is 32.3. The van der Waals surface area contributed by atoms with Crippen LogP contribution < -0.4 is 14.1 Å². The van der Waals surface area contributed by atoms with Crippen LogP contribution in [0.3, 0.4) is 0 Å². The predicted octanol–water partition coefficient (Wildman–Crippen LogP) is 1.59. The van der Waals surface area contributed by atoms with Gasteiger partial charge in [-0.05, 0) is 24.1 Å². The number of rotatable bonds is 0. The third-order valence-electron chi connectivity index (χ3n) is 1.33. The summed E-state index contributed by atoms with van der Waals surface area (Å²) in [5, 5.41) is 0. The molecule has 0 aromatic rings. The Labute approximate surface area is 99.3 Å². The maximum atomic E-state index is 5.71. The Morgan fingerprint density at radius 2 is 2.36 bits per heavy atom. The van der Waals surface area contributed by atoms with Crippen LogP contribution in [0.4, 0.5) is 0 Å². The predicted molar refractivity (Wildman–Crippen MR) is 67.3 cm³/mol. The second-order valence-corrected chi connectivity index (χ2v) is 5.92. The Morgan fingerprint density at radius 3 is 3.29 bits per heavy atom. The maximum Gasteiger partial charge on any atom is 0.0878 e. The van der Waals surface area contributed by atoms with Gasteiger partial charge in [-0.1, -0.05) is 6.08 Å². The molecular formula is C5H7N5S4. The molecule has 5 nitrogen and oxygen atoms in total. The minimum atomic E-state index is 0.936. The van der Waals surface area contributed by atoms with Crippen molar-refractivity contribution in [3.05, 3.63) is 23.1 Å². The summed E-state index contributed by atoms with van der Waals surface area (Å²) in [4.78, 5) is 1.04. The molecule has 0 amide bonds. The first kappa shape index (κ1) is 10.9. The van der Waals surface area contributed by atoms with Crippen LogP contribution in [-0.4, -0.2) is 9.53 Å². The van der Waals surface area contributed by atoms with E-state index in [9.17, 15) is 0 Å². The Bertz CT molecular complexity index is 300. The summed E-state index contributed by atoms with van der Waals surface area (Å²) in [6.45, 7) is 0. The number of allylic oxidation sites excluding steroid dienone is 4. The van der Waals surface area contributed by atoms with Gasteiger partial charge in [-0.2, -0.15) is 12.7 Å². The van der Waals surface area contributed by atoms with Gasteiger partial charge < -0.3 is 0 Å². The molecule has 0 unspecified atom stereocenters. The van der Waals surface area contributed by atoms with E-state index in [-0.39, 0.29) is 0 Å². The minimum Gasteiger partial charge on any atom is -0.247 e. The van der Waals surface area contributed by atoms with Crippen molar-refractivity contribution >= 4 is 54.1 Å². The summed E-state index contributed by atoms with van der Waals surface area (Å²) in [5.41, 5.74) is 0.936. The lowest BCUT2D eigenvalue weighted by atomic mass is 10.4. The van der Waals surface area contributed by atoms with Gasteiger partial charge in [0.05, 0.1) is 22.8 Å². The SMILES string of the molecule is NN1SNSNS/N=C2/C=CC=C2S1. The molecule has 1 aliphatic carbocycles. The highest BCUT2D eigenvalue weighted by molar-refractivity contribution is 8.21. The third-order valence-corrected chi connectivity index (χ3v) is 4.23. The summed E-state index contributed by atoms with van der Waals surface area (Å²) < 4.78 is 11.7. The molecule has 14 heavy (non-hydrogen) atoms. The molecule has 0 saturated carbocycles. The van der Waals surface area contributed by atoms with Gasteiger partial charge in [-0.3, -0.25) is 0 Å². The van der Waals surface area contributed by atoms with Crippen LogP contribution in [0.25, 0.3) is 0 Å². The largest absolute Gasteiger partial charge is 0.247 e. The molecule has 2 aliphatic rings. The molecule has 0 bridgehead atoms. The third kappa shape index (κ3) is 2.94. The van der Waals surface area contributed by atoms with E-state index in [1.807, 2.05) is 18.2 Å². The average Bonchev–Trinajstić information content (AvgIpc) is 2.59. The van der Waals surface area contributed by atoms with Gasteiger partial charge in [0.15, 0.2) is 0 Å². The molecule has 4 N–H and O–H groups in total. The first-order valence-electron chi connectivity index (χ1n) is 3.54. The standard InChI is InChI=1S/C5H7N5S4/c6-10-11-5-3-1-2-4(5)7-12-8-13-9-14-10/h1-3,8-9H,6H2/b7-4-. The zero-order valence-corrected chi connectivity index (χ0v) is 10.1. The van der Waals surface area contributed by atoms with Crippen molar-refractivity contribution < 1.29 is 0 Å². The second kappa shape index (κ2) is 5.47. The van der Waals surface area contributed by atoms with Gasteiger partial charge in [0.2, 0.25) is 0 Å². The fourth-order valence-corrected chi connectivity index (χ4v) is 3.52. The highest BCUT2D eigenvalue weighted by Crippen LogP contribution is 2.29. The lowest BCUT2D eigenvalue weighted by molar-refractivity contribution is 0.819. The number of hydrogen-bond donors (Lipinski definition) is 3. The van der Waals surface area contributed by atoms with E-state index in [1.54, 1.807) is 3.82 Å². The van der Waals surface area contributed by atoms with E-state index in [1.165, 1.54) is 48.3 Å². The number of hydrogen-bond acceptors (Lipinski definition) is 9. The molecular weight excluding hydrogens is 258 g/mol. The van der Waals surface area contributed by atoms with Gasteiger partial charge in [0.1, 0.15) is 0 Å². The van der Waals surface area contributed by atoms with Crippen LogP contribution in [0.1, 0.15) is 0 Å². The van der Waals surface area contributed by atoms with Crippen molar-refractivity contribution in [1.82, 2.24) is 12.1 Å². The molecule has 2 rings (SSSR count). The number of nitrogens with two attached hydrogens (primary N) is 1. The van der Waals surface area contributed by atoms with Crippen molar-refractivity contribution in [1.29, 1.82) is 0 Å². The van der Waals surface area contributed by atoms with Crippen molar-refractivity contribution in [3.63, 3.8) is 0 Å². The Morgan fingerprint density at radius 1 is 1.43 bits per heavy atom.